The lowest BCUT2D eigenvalue weighted by molar-refractivity contribution is -0.118. The third kappa shape index (κ3) is 11.4. The average molecular weight is 863 g/mol. The number of carbonyl (C=O) groups is 1. The lowest BCUT2D eigenvalue weighted by Crippen LogP contribution is -2.39. The van der Waals surface area contributed by atoms with Crippen LogP contribution < -0.4 is 20.5 Å². The largest absolute Gasteiger partial charge is 0.497 e. The average Bonchev–Trinajstić information content (AvgIpc) is 3.67. The number of rotatable bonds is 21. The van der Waals surface area contributed by atoms with Crippen molar-refractivity contribution < 1.29 is 28.3 Å². The molecule has 0 spiro atoms. The van der Waals surface area contributed by atoms with Crippen molar-refractivity contribution in [2.75, 3.05) is 32.3 Å². The number of nitrogens with zero attached hydrogens (tertiary/aromatic N) is 3. The van der Waals surface area contributed by atoms with E-state index in [-0.39, 0.29) is 36.3 Å². The van der Waals surface area contributed by atoms with Crippen molar-refractivity contribution >= 4 is 20.0 Å². The number of methoxy groups -OCH3 is 2. The van der Waals surface area contributed by atoms with Crippen LogP contribution in [-0.4, -0.2) is 71.4 Å². The predicted molar refractivity (Wildman–Crippen MR) is 247 cm³/mol. The number of ether oxygens (including phenoxy) is 4. The van der Waals surface area contributed by atoms with Crippen LogP contribution in [0.1, 0.15) is 89.3 Å². The highest BCUT2D eigenvalue weighted by Gasteiger charge is 2.44. The molecular weight excluding hydrogens is 800 g/mol. The molecule has 11 nitrogen and oxygen atoms in total. The van der Waals surface area contributed by atoms with Gasteiger partial charge in [0.05, 0.1) is 26.9 Å². The lowest BCUT2D eigenvalue weighted by atomic mass is 9.80. The van der Waals surface area contributed by atoms with E-state index in [1.54, 1.807) is 40.3 Å². The highest BCUT2D eigenvalue weighted by molar-refractivity contribution is 7.50. The molecule has 6 rings (SSSR count). The Kier molecular flexibility index (Phi) is 16.5. The van der Waals surface area contributed by atoms with Crippen LogP contribution in [0.15, 0.2) is 126 Å². The van der Waals surface area contributed by atoms with E-state index in [0.717, 1.165) is 53.6 Å². The lowest BCUT2D eigenvalue weighted by Gasteiger charge is -2.40. The SMILES string of the molecule is COc1ccc(C(OC[C@H]2O[C@@H](n3ccc(NC(=O)C(C)C)nc3=O)C[C@@H]2OP(CCCCc2ccccc2)N(C(C)C)C(C)C)(c2ccccc2)c2ccc(OC)cc2)cc1. The van der Waals surface area contributed by atoms with E-state index in [1.807, 2.05) is 66.7 Å². The molecule has 1 aliphatic rings. The molecule has 0 bridgehead atoms. The number of amides is 1. The van der Waals surface area contributed by atoms with Crippen molar-refractivity contribution in [3.05, 3.63) is 154 Å². The second kappa shape index (κ2) is 21.9. The summed E-state index contributed by atoms with van der Waals surface area (Å²) in [7, 11) is 2.21. The van der Waals surface area contributed by atoms with Gasteiger partial charge in [-0.25, -0.2) is 4.79 Å². The third-order valence-electron chi connectivity index (χ3n) is 11.2. The number of benzene rings is 4. The molecule has 330 valence electrons. The Morgan fingerprint density at radius 1 is 0.806 bits per heavy atom. The predicted octanol–water partition coefficient (Wildman–Crippen LogP) is 9.99. The minimum Gasteiger partial charge on any atom is -0.497 e. The van der Waals surface area contributed by atoms with Gasteiger partial charge in [-0.1, -0.05) is 98.8 Å². The first-order valence-electron chi connectivity index (χ1n) is 21.7. The van der Waals surface area contributed by atoms with Crippen LogP contribution >= 0.6 is 8.30 Å². The normalized spacial score (nSPS) is 17.2. The Hall–Kier alpha value is -4.90. The highest BCUT2D eigenvalue weighted by atomic mass is 31.2. The van der Waals surface area contributed by atoms with Gasteiger partial charge in [0, 0.05) is 36.8 Å². The van der Waals surface area contributed by atoms with E-state index >= 15 is 0 Å². The minimum absolute atomic E-state index is 0.124. The molecule has 1 aromatic heterocycles. The van der Waals surface area contributed by atoms with Gasteiger partial charge in [0.2, 0.25) is 5.91 Å². The van der Waals surface area contributed by atoms with Gasteiger partial charge in [0.15, 0.2) is 0 Å². The van der Waals surface area contributed by atoms with Gasteiger partial charge in [-0.2, -0.15) is 4.98 Å². The second-order valence-electron chi connectivity index (χ2n) is 16.6. The van der Waals surface area contributed by atoms with Crippen LogP contribution in [-0.2, 0) is 30.8 Å². The van der Waals surface area contributed by atoms with Crippen molar-refractivity contribution in [2.24, 2.45) is 5.92 Å². The standard InChI is InChI=1S/C50H63N4O7P/c1-35(2)48(55)51-46-30-31-53(49(56)52-46)47-33-44(61-62(54(36(3)4)37(5)6)32-16-15-19-38-17-11-9-12-18-38)45(60-47)34-59-50(39-20-13-10-14-21-39,40-22-26-42(57-7)27-23-40)41-24-28-43(58-8)29-25-41/h9-14,17-18,20-31,35-37,44-45,47H,15-16,19,32-34H2,1-8H3,(H,51,52,55,56)/t44-,45+,47+,62?/m0/s1. The van der Waals surface area contributed by atoms with Crippen LogP contribution in [0.5, 0.6) is 11.5 Å². The Bertz CT molecular complexity index is 2150. The molecule has 1 fully saturated rings. The number of hydrogen-bond acceptors (Lipinski definition) is 9. The first-order valence-corrected chi connectivity index (χ1v) is 23.1. The van der Waals surface area contributed by atoms with Crippen molar-refractivity contribution in [2.45, 2.75) is 103 Å². The summed E-state index contributed by atoms with van der Waals surface area (Å²) in [5.74, 6) is 1.17. The molecule has 5 aromatic rings. The smallest absolute Gasteiger partial charge is 0.351 e. The first-order chi connectivity index (χ1) is 29.9. The maximum Gasteiger partial charge on any atom is 0.351 e. The molecule has 0 saturated carbocycles. The molecule has 1 unspecified atom stereocenters. The van der Waals surface area contributed by atoms with Crippen LogP contribution in [0.3, 0.4) is 0 Å². The Labute approximate surface area is 368 Å². The number of hydrogen-bond donors (Lipinski definition) is 1. The third-order valence-corrected chi connectivity index (χ3v) is 13.9. The summed E-state index contributed by atoms with van der Waals surface area (Å²) >= 11 is 0. The van der Waals surface area contributed by atoms with Gasteiger partial charge < -0.3 is 28.8 Å². The van der Waals surface area contributed by atoms with Crippen molar-refractivity contribution in [1.82, 2.24) is 14.2 Å². The molecule has 1 amide bonds. The maximum absolute atomic E-state index is 13.7. The van der Waals surface area contributed by atoms with Crippen molar-refractivity contribution in [3.8, 4) is 11.5 Å². The van der Waals surface area contributed by atoms with Gasteiger partial charge in [-0.3, -0.25) is 14.0 Å². The topological polar surface area (TPSA) is 113 Å². The molecule has 0 aliphatic carbocycles. The number of aryl methyl sites for hydroxylation is 1. The molecule has 12 heteroatoms. The summed E-state index contributed by atoms with van der Waals surface area (Å²) in [5, 5.41) is 2.74. The highest BCUT2D eigenvalue weighted by Crippen LogP contribution is 2.50. The van der Waals surface area contributed by atoms with Crippen LogP contribution in [0, 0.1) is 5.92 Å². The number of carbonyl (C=O) groups excluding carboxylic acids is 1. The molecular formula is C50H63N4O7P. The minimum atomic E-state index is -1.10. The number of unbranched alkanes of at least 4 members (excludes halogenated alkanes) is 1. The molecule has 62 heavy (non-hydrogen) atoms. The van der Waals surface area contributed by atoms with E-state index in [4.69, 9.17) is 23.5 Å². The van der Waals surface area contributed by atoms with E-state index in [9.17, 15) is 9.59 Å². The van der Waals surface area contributed by atoms with Gasteiger partial charge in [-0.05, 0) is 99.5 Å². The van der Waals surface area contributed by atoms with E-state index in [1.165, 1.54) is 10.1 Å². The van der Waals surface area contributed by atoms with E-state index in [0.29, 0.717) is 6.42 Å². The fourth-order valence-electron chi connectivity index (χ4n) is 8.10. The molecule has 1 aliphatic heterocycles. The molecule has 4 atom stereocenters. The Morgan fingerprint density at radius 3 is 1.90 bits per heavy atom. The molecule has 1 saturated heterocycles. The van der Waals surface area contributed by atoms with E-state index < -0.39 is 38.0 Å². The fraction of sp³-hybridized carbons (Fsp3) is 0.420. The van der Waals surface area contributed by atoms with Crippen LogP contribution in [0.2, 0.25) is 0 Å². The summed E-state index contributed by atoms with van der Waals surface area (Å²) in [4.78, 5) is 30.4. The summed E-state index contributed by atoms with van der Waals surface area (Å²) in [5.41, 5.74) is 2.43. The zero-order valence-electron chi connectivity index (χ0n) is 37.4. The number of nitrogens with one attached hydrogen (secondary N) is 1. The zero-order chi connectivity index (χ0) is 44.2. The molecule has 4 aromatic carbocycles. The molecule has 2 heterocycles. The fourth-order valence-corrected chi connectivity index (χ4v) is 10.6. The van der Waals surface area contributed by atoms with Crippen LogP contribution in [0.4, 0.5) is 5.82 Å². The summed E-state index contributed by atoms with van der Waals surface area (Å²) in [6.07, 6.45) is 4.23. The van der Waals surface area contributed by atoms with Crippen LogP contribution in [0.25, 0.3) is 0 Å². The van der Waals surface area contributed by atoms with Gasteiger partial charge >= 0.3 is 5.69 Å². The maximum atomic E-state index is 13.7. The Balaban J connectivity index is 1.38. The monoisotopic (exact) mass is 862 g/mol. The first kappa shape index (κ1) is 46.6. The van der Waals surface area contributed by atoms with Gasteiger partial charge in [-0.15, -0.1) is 0 Å². The summed E-state index contributed by atoms with van der Waals surface area (Å²) < 4.78 is 36.8. The second-order valence-corrected chi connectivity index (χ2v) is 18.4. The van der Waals surface area contributed by atoms with Gasteiger partial charge in [0.1, 0.15) is 43.5 Å². The van der Waals surface area contributed by atoms with Gasteiger partial charge in [0.25, 0.3) is 0 Å². The summed E-state index contributed by atoms with van der Waals surface area (Å²) in [6.45, 7) is 12.6. The van der Waals surface area contributed by atoms with Crippen molar-refractivity contribution in [1.29, 1.82) is 0 Å². The van der Waals surface area contributed by atoms with E-state index in [2.05, 4.69) is 85.1 Å². The zero-order valence-corrected chi connectivity index (χ0v) is 38.3. The summed E-state index contributed by atoms with van der Waals surface area (Å²) in [6, 6.07) is 38.8. The molecule has 1 N–H and O–H groups in total. The van der Waals surface area contributed by atoms with Crippen molar-refractivity contribution in [3.63, 3.8) is 0 Å². The number of aromatic nitrogens is 2. The number of anilines is 1. The Morgan fingerprint density at radius 2 is 1.37 bits per heavy atom. The molecule has 0 radical (unpaired) electrons. The quantitative estimate of drug-likeness (QED) is 0.0438.